The fraction of sp³-hybridized carbons (Fsp3) is 0.273. The smallest absolute Gasteiger partial charge is 0.329 e. The van der Waals surface area contributed by atoms with Crippen LogP contribution in [-0.4, -0.2) is 54.7 Å². The molecule has 0 spiro atoms. The molecule has 178 valence electrons. The number of non-ortho nitro benzene ring substituents is 1. The van der Waals surface area contributed by atoms with E-state index >= 15 is 0 Å². The van der Waals surface area contributed by atoms with E-state index in [2.05, 4.69) is 21.2 Å². The topological polar surface area (TPSA) is 161 Å². The highest BCUT2D eigenvalue weighted by Crippen LogP contribution is 2.15. The second kappa shape index (κ2) is 12.1. The number of hydrogen-bond donors (Lipinski definition) is 3. The van der Waals surface area contributed by atoms with E-state index in [9.17, 15) is 24.5 Å². The summed E-state index contributed by atoms with van der Waals surface area (Å²) in [5.41, 5.74) is 2.80. The number of amides is 3. The molecule has 1 heterocycles. The van der Waals surface area contributed by atoms with E-state index in [4.69, 9.17) is 9.47 Å². The third-order valence-corrected chi connectivity index (χ3v) is 4.72. The summed E-state index contributed by atoms with van der Waals surface area (Å²) in [5, 5.41) is 19.4. The van der Waals surface area contributed by atoms with Crippen molar-refractivity contribution >= 4 is 35.3 Å². The van der Waals surface area contributed by atoms with E-state index in [0.717, 1.165) is 19.4 Å². The van der Waals surface area contributed by atoms with Crippen molar-refractivity contribution in [3.05, 3.63) is 64.2 Å². The molecule has 0 radical (unpaired) electrons. The average Bonchev–Trinajstić information content (AvgIpc) is 3.36. The average molecular weight is 469 g/mol. The Morgan fingerprint density at radius 3 is 2.50 bits per heavy atom. The normalized spacial score (nSPS) is 15.0. The van der Waals surface area contributed by atoms with Crippen LogP contribution in [0, 0.1) is 10.1 Å². The summed E-state index contributed by atoms with van der Waals surface area (Å²) < 4.78 is 10.9. The van der Waals surface area contributed by atoms with E-state index in [1.807, 2.05) is 0 Å². The number of benzene rings is 2. The monoisotopic (exact) mass is 469 g/mol. The van der Waals surface area contributed by atoms with E-state index < -0.39 is 16.7 Å². The number of nitro benzene ring substituents is 1. The van der Waals surface area contributed by atoms with Crippen LogP contribution in [0.3, 0.4) is 0 Å². The van der Waals surface area contributed by atoms with Crippen LogP contribution >= 0.6 is 0 Å². The van der Waals surface area contributed by atoms with Gasteiger partial charge in [0.15, 0.2) is 6.61 Å². The molecule has 0 saturated carbocycles. The van der Waals surface area contributed by atoms with Gasteiger partial charge < -0.3 is 20.1 Å². The molecular weight excluding hydrogens is 446 g/mol. The number of anilines is 1. The van der Waals surface area contributed by atoms with Gasteiger partial charge in [0.05, 0.1) is 17.2 Å². The molecule has 1 aliphatic heterocycles. The summed E-state index contributed by atoms with van der Waals surface area (Å²) in [7, 11) is 0. The molecule has 2 aromatic rings. The van der Waals surface area contributed by atoms with Crippen LogP contribution in [0.15, 0.2) is 53.6 Å². The van der Waals surface area contributed by atoms with Gasteiger partial charge in [-0.25, -0.2) is 5.43 Å². The Kier molecular flexibility index (Phi) is 8.63. The van der Waals surface area contributed by atoms with Crippen molar-refractivity contribution in [3.8, 4) is 5.75 Å². The minimum Gasteiger partial charge on any atom is -0.484 e. The van der Waals surface area contributed by atoms with Crippen LogP contribution in [0.1, 0.15) is 18.4 Å². The molecule has 12 nitrogen and oxygen atoms in total. The van der Waals surface area contributed by atoms with Crippen LogP contribution in [0.2, 0.25) is 0 Å². The molecule has 0 aliphatic carbocycles. The van der Waals surface area contributed by atoms with Gasteiger partial charge in [-0.1, -0.05) is 0 Å². The van der Waals surface area contributed by atoms with Gasteiger partial charge in [0, 0.05) is 31.0 Å². The first-order valence-electron chi connectivity index (χ1n) is 10.4. The number of hydrazone groups is 1. The minimum atomic E-state index is -1.01. The van der Waals surface area contributed by atoms with Gasteiger partial charge >= 0.3 is 11.8 Å². The third-order valence-electron chi connectivity index (χ3n) is 4.72. The number of nitrogens with zero attached hydrogens (tertiary/aromatic N) is 2. The second-order valence-corrected chi connectivity index (χ2v) is 7.25. The zero-order valence-electron chi connectivity index (χ0n) is 18.1. The maximum atomic E-state index is 11.9. The van der Waals surface area contributed by atoms with E-state index in [1.165, 1.54) is 30.5 Å². The first-order chi connectivity index (χ1) is 16.4. The van der Waals surface area contributed by atoms with Crippen LogP contribution in [-0.2, 0) is 19.1 Å². The molecule has 1 saturated heterocycles. The molecule has 0 unspecified atom stereocenters. The summed E-state index contributed by atoms with van der Waals surface area (Å²) >= 11 is 0. The van der Waals surface area contributed by atoms with Crippen molar-refractivity contribution in [2.45, 2.75) is 18.9 Å². The van der Waals surface area contributed by atoms with Gasteiger partial charge in [-0.2, -0.15) is 5.10 Å². The Bertz CT molecular complexity index is 1050. The molecule has 3 amide bonds. The summed E-state index contributed by atoms with van der Waals surface area (Å²) in [6.45, 7) is 1.07. The predicted molar refractivity (Wildman–Crippen MR) is 121 cm³/mol. The summed E-state index contributed by atoms with van der Waals surface area (Å²) in [4.78, 5) is 45.6. The lowest BCUT2D eigenvalue weighted by atomic mass is 10.2. The zero-order chi connectivity index (χ0) is 24.3. The van der Waals surface area contributed by atoms with Gasteiger partial charge in [-0.05, 0) is 54.8 Å². The molecule has 12 heteroatoms. The van der Waals surface area contributed by atoms with Gasteiger partial charge in [-0.15, -0.1) is 0 Å². The number of nitrogens with one attached hydrogen (secondary N) is 3. The van der Waals surface area contributed by atoms with Gasteiger partial charge in [-0.3, -0.25) is 24.5 Å². The van der Waals surface area contributed by atoms with Crippen molar-refractivity contribution in [2.75, 3.05) is 25.1 Å². The molecule has 34 heavy (non-hydrogen) atoms. The van der Waals surface area contributed by atoms with Crippen LogP contribution < -0.4 is 20.8 Å². The van der Waals surface area contributed by atoms with Crippen LogP contribution in [0.25, 0.3) is 0 Å². The number of carbonyl (C=O) groups is 3. The summed E-state index contributed by atoms with van der Waals surface area (Å²) in [6.07, 6.45) is 3.34. The Labute approximate surface area is 194 Å². The third kappa shape index (κ3) is 7.67. The molecule has 1 aliphatic rings. The van der Waals surface area contributed by atoms with Crippen molar-refractivity contribution in [1.29, 1.82) is 0 Å². The Balaban J connectivity index is 1.38. The van der Waals surface area contributed by atoms with Crippen molar-refractivity contribution in [2.24, 2.45) is 5.10 Å². The number of carbonyl (C=O) groups excluding carboxylic acids is 3. The lowest BCUT2D eigenvalue weighted by Crippen LogP contribution is -2.35. The van der Waals surface area contributed by atoms with E-state index in [-0.39, 0.29) is 30.0 Å². The Morgan fingerprint density at radius 2 is 1.85 bits per heavy atom. The predicted octanol–water partition coefficient (Wildman–Crippen LogP) is 1.36. The van der Waals surface area contributed by atoms with Crippen LogP contribution in [0.4, 0.5) is 11.4 Å². The molecule has 0 aromatic heterocycles. The Hall–Kier alpha value is -4.32. The summed E-state index contributed by atoms with van der Waals surface area (Å²) in [6, 6.07) is 11.6. The molecule has 1 atom stereocenters. The van der Waals surface area contributed by atoms with Crippen LogP contribution in [0.5, 0.6) is 5.75 Å². The van der Waals surface area contributed by atoms with Gasteiger partial charge in [0.25, 0.3) is 11.6 Å². The number of nitro groups is 1. The van der Waals surface area contributed by atoms with E-state index in [1.54, 1.807) is 24.3 Å². The maximum Gasteiger partial charge on any atom is 0.329 e. The molecular formula is C22H23N5O7. The Morgan fingerprint density at radius 1 is 1.12 bits per heavy atom. The van der Waals surface area contributed by atoms with Crippen molar-refractivity contribution in [1.82, 2.24) is 10.7 Å². The minimum absolute atomic E-state index is 0.0661. The largest absolute Gasteiger partial charge is 0.484 e. The highest BCUT2D eigenvalue weighted by atomic mass is 16.6. The number of rotatable bonds is 9. The first-order valence-corrected chi connectivity index (χ1v) is 10.4. The highest BCUT2D eigenvalue weighted by molar-refractivity contribution is 6.39. The van der Waals surface area contributed by atoms with Gasteiger partial charge in [0.1, 0.15) is 5.75 Å². The molecule has 3 N–H and O–H groups in total. The summed E-state index contributed by atoms with van der Waals surface area (Å²) in [5.74, 6) is -1.75. The quantitative estimate of drug-likeness (QED) is 0.216. The standard InChI is InChI=1S/C22H23N5O7/c28-20(23-13-19-2-1-11-33-19)14-34-18-9-3-15(4-10-18)12-24-26-22(30)21(29)25-16-5-7-17(8-6-16)27(31)32/h3-10,12,19H,1-2,11,13-14H2,(H,23,28)(H,25,29)(H,26,30)/b24-12-/t19-/m1/s1. The number of ether oxygens (including phenoxy) is 2. The second-order valence-electron chi connectivity index (χ2n) is 7.25. The fourth-order valence-corrected chi connectivity index (χ4v) is 2.95. The maximum absolute atomic E-state index is 11.9. The SMILES string of the molecule is O=C(COc1ccc(/C=N\NC(=O)C(=O)Nc2ccc([N+](=O)[O-])cc2)cc1)NC[C@H]1CCCO1. The molecule has 3 rings (SSSR count). The zero-order valence-corrected chi connectivity index (χ0v) is 18.1. The molecule has 1 fully saturated rings. The highest BCUT2D eigenvalue weighted by Gasteiger charge is 2.16. The lowest BCUT2D eigenvalue weighted by molar-refractivity contribution is -0.384. The first kappa shape index (κ1) is 24.3. The molecule has 0 bridgehead atoms. The molecule has 2 aromatic carbocycles. The fourth-order valence-electron chi connectivity index (χ4n) is 2.95. The van der Waals surface area contributed by atoms with Gasteiger partial charge in [0.2, 0.25) is 0 Å². The lowest BCUT2D eigenvalue weighted by Gasteiger charge is -2.11. The van der Waals surface area contributed by atoms with E-state index in [0.29, 0.717) is 17.9 Å². The number of hydrogen-bond acceptors (Lipinski definition) is 8. The van der Waals surface area contributed by atoms with Crippen molar-refractivity contribution < 1.29 is 28.8 Å². The van der Waals surface area contributed by atoms with Crippen molar-refractivity contribution in [3.63, 3.8) is 0 Å².